The van der Waals surface area contributed by atoms with Crippen molar-refractivity contribution in [3.8, 4) is 0 Å². The lowest BCUT2D eigenvalue weighted by atomic mass is 10.3. The number of thioether (sulfide) groups is 1. The van der Waals surface area contributed by atoms with Gasteiger partial charge in [-0.1, -0.05) is 0 Å². The number of halogens is 1. The van der Waals surface area contributed by atoms with Crippen LogP contribution in [0, 0.1) is 5.41 Å². The normalized spacial score (nSPS) is 20.5. The van der Waals surface area contributed by atoms with Gasteiger partial charge in [0.15, 0.2) is 0 Å². The molecule has 1 rings (SSSR count). The minimum Gasteiger partial charge on any atom is -0.468 e. The molecule has 1 saturated carbocycles. The number of esters is 1. The summed E-state index contributed by atoms with van der Waals surface area (Å²) >= 11 is 7.31. The van der Waals surface area contributed by atoms with Crippen molar-refractivity contribution in [3.63, 3.8) is 0 Å². The molecule has 1 atom stereocenters. The Hall–Kier alpha value is -0.220. The molecule has 0 aliphatic heterocycles. The molecule has 0 heterocycles. The first kappa shape index (κ1) is 10.9. The summed E-state index contributed by atoms with van der Waals surface area (Å²) in [5.41, 5.74) is 0. The minimum atomic E-state index is -0.622. The van der Waals surface area contributed by atoms with Crippen molar-refractivity contribution in [3.05, 3.63) is 0 Å². The Kier molecular flexibility index (Phi) is 3.24. The number of carbonyl (C=O) groups excluding carboxylic acids is 1. The number of hydrogen-bond donors (Lipinski definition) is 1. The highest BCUT2D eigenvalue weighted by Crippen LogP contribution is 2.53. The van der Waals surface area contributed by atoms with E-state index < -0.39 is 11.3 Å². The smallest absolute Gasteiger partial charge is 0.325 e. The zero-order valence-electron chi connectivity index (χ0n) is 7.59. The van der Waals surface area contributed by atoms with E-state index in [9.17, 15) is 4.79 Å². The maximum absolute atomic E-state index is 11.1. The summed E-state index contributed by atoms with van der Waals surface area (Å²) in [7, 11) is 1.33. The summed E-state index contributed by atoms with van der Waals surface area (Å²) in [6, 6.07) is 0. The molecule has 1 aliphatic rings. The maximum Gasteiger partial charge on any atom is 0.325 e. The number of nitrogens with one attached hydrogen (secondary N) is 1. The van der Waals surface area contributed by atoms with Gasteiger partial charge in [0.2, 0.25) is 0 Å². The molecule has 0 aromatic carbocycles. The van der Waals surface area contributed by atoms with E-state index in [0.29, 0.717) is 5.04 Å². The van der Waals surface area contributed by atoms with E-state index in [2.05, 4.69) is 4.74 Å². The summed E-state index contributed by atoms with van der Waals surface area (Å²) in [5.74, 6) is -0.395. The molecule has 1 N–H and O–H groups in total. The highest BCUT2D eigenvalue weighted by molar-refractivity contribution is 8.15. The Bertz CT molecular complexity index is 240. The average molecular weight is 222 g/mol. The molecular weight excluding hydrogens is 210 g/mol. The van der Waals surface area contributed by atoms with E-state index in [-0.39, 0.29) is 4.75 Å². The molecule has 3 nitrogen and oxygen atoms in total. The number of carbonyl (C=O) groups is 1. The lowest BCUT2D eigenvalue weighted by Gasteiger charge is -2.17. The van der Waals surface area contributed by atoms with Gasteiger partial charge in [-0.2, -0.15) is 0 Å². The number of methoxy groups -OCH3 is 1. The van der Waals surface area contributed by atoms with Gasteiger partial charge in [0, 0.05) is 4.75 Å². The molecule has 74 valence electrons. The molecule has 1 fully saturated rings. The highest BCUT2D eigenvalue weighted by atomic mass is 35.5. The molecule has 0 radical (unpaired) electrons. The SMILES string of the molecule is COC(=O)C(Cl)C1(SC(C)=N)CC1. The van der Waals surface area contributed by atoms with Crippen LogP contribution < -0.4 is 0 Å². The molecule has 13 heavy (non-hydrogen) atoms. The van der Waals surface area contributed by atoms with Crippen LogP contribution in [0.4, 0.5) is 0 Å². The fourth-order valence-corrected chi connectivity index (χ4v) is 2.71. The Morgan fingerprint density at radius 3 is 2.54 bits per heavy atom. The zero-order valence-corrected chi connectivity index (χ0v) is 9.17. The molecule has 1 aliphatic carbocycles. The lowest BCUT2D eigenvalue weighted by Crippen LogP contribution is -2.30. The van der Waals surface area contributed by atoms with Crippen LogP contribution in [0.25, 0.3) is 0 Å². The molecule has 0 aromatic rings. The first-order chi connectivity index (χ1) is 6.02. The molecule has 5 heteroatoms. The van der Waals surface area contributed by atoms with E-state index in [0.717, 1.165) is 12.8 Å². The third-order valence-electron chi connectivity index (χ3n) is 1.97. The van der Waals surface area contributed by atoms with Crippen LogP contribution >= 0.6 is 23.4 Å². The van der Waals surface area contributed by atoms with Gasteiger partial charge in [-0.05, 0) is 19.8 Å². The zero-order chi connectivity index (χ0) is 10.1. The fourth-order valence-electron chi connectivity index (χ4n) is 1.15. The second kappa shape index (κ2) is 3.88. The Morgan fingerprint density at radius 1 is 1.69 bits per heavy atom. The van der Waals surface area contributed by atoms with Crippen LogP contribution in [0.5, 0.6) is 0 Å². The molecule has 1 unspecified atom stereocenters. The first-order valence-electron chi connectivity index (χ1n) is 3.98. The standard InChI is InChI=1S/C8H12ClNO2S/c1-5(10)13-8(3-4-8)6(9)7(11)12-2/h6,10H,3-4H2,1-2H3. The predicted octanol–water partition coefficient (Wildman–Crippen LogP) is 2.03. The highest BCUT2D eigenvalue weighted by Gasteiger charge is 2.53. The second-order valence-corrected chi connectivity index (χ2v) is 5.17. The summed E-state index contributed by atoms with van der Waals surface area (Å²) in [4.78, 5) is 11.1. The summed E-state index contributed by atoms with van der Waals surface area (Å²) in [6.07, 6.45) is 1.77. The van der Waals surface area contributed by atoms with Gasteiger partial charge >= 0.3 is 5.97 Å². The summed E-state index contributed by atoms with van der Waals surface area (Å²) in [6.45, 7) is 1.70. The van der Waals surface area contributed by atoms with Crippen LogP contribution in [0.2, 0.25) is 0 Å². The second-order valence-electron chi connectivity index (χ2n) is 3.11. The molecule has 0 bridgehead atoms. The maximum atomic E-state index is 11.1. The number of alkyl halides is 1. The van der Waals surface area contributed by atoms with E-state index in [4.69, 9.17) is 17.0 Å². The van der Waals surface area contributed by atoms with Gasteiger partial charge in [0.25, 0.3) is 0 Å². The van der Waals surface area contributed by atoms with Gasteiger partial charge in [-0.3, -0.25) is 10.2 Å². The van der Waals surface area contributed by atoms with Crippen molar-refractivity contribution < 1.29 is 9.53 Å². The van der Waals surface area contributed by atoms with Crippen molar-refractivity contribution >= 4 is 34.4 Å². The van der Waals surface area contributed by atoms with Crippen LogP contribution in [0.1, 0.15) is 19.8 Å². The predicted molar refractivity (Wildman–Crippen MR) is 54.6 cm³/mol. The Balaban J connectivity index is 2.59. The fraction of sp³-hybridized carbons (Fsp3) is 0.750. The number of rotatable bonds is 3. The van der Waals surface area contributed by atoms with E-state index in [1.54, 1.807) is 6.92 Å². The van der Waals surface area contributed by atoms with Crippen molar-refractivity contribution in [1.29, 1.82) is 5.41 Å². The van der Waals surface area contributed by atoms with Gasteiger partial charge in [-0.15, -0.1) is 23.4 Å². The quantitative estimate of drug-likeness (QED) is 0.343. The third kappa shape index (κ3) is 2.38. The summed E-state index contributed by atoms with van der Waals surface area (Å²) < 4.78 is 4.30. The van der Waals surface area contributed by atoms with Gasteiger partial charge in [-0.25, -0.2) is 0 Å². The minimum absolute atomic E-state index is 0.263. The van der Waals surface area contributed by atoms with Crippen molar-refractivity contribution in [1.82, 2.24) is 0 Å². The van der Waals surface area contributed by atoms with Crippen molar-refractivity contribution in [2.75, 3.05) is 7.11 Å². The Labute approximate surface area is 86.7 Å². The van der Waals surface area contributed by atoms with Crippen molar-refractivity contribution in [2.45, 2.75) is 29.9 Å². The molecule has 0 amide bonds. The van der Waals surface area contributed by atoms with Crippen LogP contribution in [-0.4, -0.2) is 28.2 Å². The van der Waals surface area contributed by atoms with Crippen LogP contribution in [-0.2, 0) is 9.53 Å². The van der Waals surface area contributed by atoms with E-state index in [1.807, 2.05) is 0 Å². The van der Waals surface area contributed by atoms with Gasteiger partial charge in [0.05, 0.1) is 12.2 Å². The topological polar surface area (TPSA) is 50.2 Å². The number of hydrogen-bond acceptors (Lipinski definition) is 4. The molecule has 0 saturated heterocycles. The van der Waals surface area contributed by atoms with E-state index >= 15 is 0 Å². The third-order valence-corrected chi connectivity index (χ3v) is 4.05. The van der Waals surface area contributed by atoms with Gasteiger partial charge in [0.1, 0.15) is 5.38 Å². The van der Waals surface area contributed by atoms with E-state index in [1.165, 1.54) is 18.9 Å². The molecule has 0 aromatic heterocycles. The van der Waals surface area contributed by atoms with Crippen LogP contribution in [0.3, 0.4) is 0 Å². The number of ether oxygens (including phenoxy) is 1. The Morgan fingerprint density at radius 2 is 2.23 bits per heavy atom. The van der Waals surface area contributed by atoms with Crippen LogP contribution in [0.15, 0.2) is 0 Å². The van der Waals surface area contributed by atoms with Crippen molar-refractivity contribution in [2.24, 2.45) is 0 Å². The average Bonchev–Trinajstić information content (AvgIpc) is 2.82. The molecular formula is C8H12ClNO2S. The molecule has 0 spiro atoms. The first-order valence-corrected chi connectivity index (χ1v) is 5.23. The monoisotopic (exact) mass is 221 g/mol. The van der Waals surface area contributed by atoms with Gasteiger partial charge < -0.3 is 4.74 Å². The lowest BCUT2D eigenvalue weighted by molar-refractivity contribution is -0.140. The largest absolute Gasteiger partial charge is 0.468 e. The summed E-state index contributed by atoms with van der Waals surface area (Å²) in [5, 5.41) is 7.20.